The van der Waals surface area contributed by atoms with Gasteiger partial charge >= 0.3 is 0 Å². The van der Waals surface area contributed by atoms with Crippen LogP contribution in [0.1, 0.15) is 31.7 Å². The van der Waals surface area contributed by atoms with Gasteiger partial charge in [-0.2, -0.15) is 0 Å². The Morgan fingerprint density at radius 2 is 2.29 bits per heavy atom. The lowest BCUT2D eigenvalue weighted by molar-refractivity contribution is -0.117. The Bertz CT molecular complexity index is 384. The van der Waals surface area contributed by atoms with Crippen LogP contribution in [0.5, 0.6) is 0 Å². The Kier molecular flexibility index (Phi) is 4.15. The van der Waals surface area contributed by atoms with Crippen LogP contribution >= 0.6 is 0 Å². The van der Waals surface area contributed by atoms with Crippen LogP contribution in [0.3, 0.4) is 0 Å². The van der Waals surface area contributed by atoms with Crippen LogP contribution in [-0.2, 0) is 11.2 Å². The number of nitrogens with one attached hydrogen (secondary N) is 2. The zero-order valence-corrected chi connectivity index (χ0v) is 10.3. The number of carbonyl (C=O) groups is 1. The second kappa shape index (κ2) is 5.82. The van der Waals surface area contributed by atoms with Gasteiger partial charge in [-0.1, -0.05) is 31.5 Å². The summed E-state index contributed by atoms with van der Waals surface area (Å²) < 4.78 is 0. The molecule has 1 aromatic carbocycles. The number of hydrogen-bond donors (Lipinski definition) is 2. The first-order valence-electron chi connectivity index (χ1n) is 6.43. The molecule has 0 aliphatic carbocycles. The summed E-state index contributed by atoms with van der Waals surface area (Å²) in [5, 5.41) is 6.25. The topological polar surface area (TPSA) is 41.1 Å². The summed E-state index contributed by atoms with van der Waals surface area (Å²) in [6.45, 7) is 3.10. The molecular weight excluding hydrogens is 212 g/mol. The molecule has 1 aliphatic rings. The van der Waals surface area contributed by atoms with E-state index in [1.807, 2.05) is 18.2 Å². The number of amides is 1. The van der Waals surface area contributed by atoms with E-state index in [0.717, 1.165) is 37.9 Å². The molecule has 92 valence electrons. The van der Waals surface area contributed by atoms with E-state index in [2.05, 4.69) is 23.6 Å². The van der Waals surface area contributed by atoms with Gasteiger partial charge in [0.25, 0.3) is 0 Å². The van der Waals surface area contributed by atoms with Gasteiger partial charge < -0.3 is 10.6 Å². The van der Waals surface area contributed by atoms with Gasteiger partial charge in [-0.05, 0) is 37.4 Å². The van der Waals surface area contributed by atoms with E-state index >= 15 is 0 Å². The van der Waals surface area contributed by atoms with E-state index in [-0.39, 0.29) is 11.9 Å². The summed E-state index contributed by atoms with van der Waals surface area (Å²) in [6.07, 6.45) is 4.14. The van der Waals surface area contributed by atoms with Crippen LogP contribution in [0.25, 0.3) is 0 Å². The molecule has 1 atom stereocenters. The second-order valence-electron chi connectivity index (χ2n) is 4.55. The number of rotatable bonds is 4. The smallest absolute Gasteiger partial charge is 0.241 e. The fraction of sp³-hybridized carbons (Fsp3) is 0.500. The molecule has 1 aliphatic heterocycles. The number of anilines is 1. The number of para-hydroxylation sites is 1. The monoisotopic (exact) mass is 232 g/mol. The largest absolute Gasteiger partial charge is 0.324 e. The Balaban J connectivity index is 2.04. The normalized spacial score (nSPS) is 19.2. The molecule has 1 fully saturated rings. The maximum atomic E-state index is 12.0. The quantitative estimate of drug-likeness (QED) is 0.836. The van der Waals surface area contributed by atoms with E-state index in [0.29, 0.717) is 0 Å². The molecule has 0 aromatic heterocycles. The first-order valence-corrected chi connectivity index (χ1v) is 6.43. The molecule has 2 N–H and O–H groups in total. The molecule has 0 radical (unpaired) electrons. The molecule has 17 heavy (non-hydrogen) atoms. The van der Waals surface area contributed by atoms with E-state index in [4.69, 9.17) is 0 Å². The van der Waals surface area contributed by atoms with Gasteiger partial charge in [-0.15, -0.1) is 0 Å². The first kappa shape index (κ1) is 12.1. The van der Waals surface area contributed by atoms with Crippen LogP contribution in [0, 0.1) is 0 Å². The summed E-state index contributed by atoms with van der Waals surface area (Å²) in [7, 11) is 0. The molecule has 1 saturated heterocycles. The van der Waals surface area contributed by atoms with Crippen molar-refractivity contribution in [1.82, 2.24) is 5.32 Å². The SMILES string of the molecule is CCCc1ccccc1NC(=O)[C@@H]1CCCN1. The maximum Gasteiger partial charge on any atom is 0.241 e. The summed E-state index contributed by atoms with van der Waals surface area (Å²) in [5.74, 6) is 0.103. The number of hydrogen-bond acceptors (Lipinski definition) is 2. The average molecular weight is 232 g/mol. The maximum absolute atomic E-state index is 12.0. The highest BCUT2D eigenvalue weighted by Gasteiger charge is 2.22. The minimum absolute atomic E-state index is 0.00955. The van der Waals surface area contributed by atoms with Crippen LogP contribution in [0.15, 0.2) is 24.3 Å². The fourth-order valence-corrected chi connectivity index (χ4v) is 2.26. The highest BCUT2D eigenvalue weighted by atomic mass is 16.2. The van der Waals surface area contributed by atoms with E-state index in [1.165, 1.54) is 5.56 Å². The van der Waals surface area contributed by atoms with Crippen molar-refractivity contribution in [1.29, 1.82) is 0 Å². The predicted molar refractivity (Wildman–Crippen MR) is 70.1 cm³/mol. The predicted octanol–water partition coefficient (Wildman–Crippen LogP) is 2.33. The van der Waals surface area contributed by atoms with Crippen LogP contribution in [-0.4, -0.2) is 18.5 Å². The standard InChI is InChI=1S/C14H20N2O/c1-2-6-11-7-3-4-8-12(11)16-14(17)13-9-5-10-15-13/h3-4,7-8,13,15H,2,5-6,9-10H2,1H3,(H,16,17)/t13-/m0/s1. The molecule has 1 aromatic rings. The molecule has 3 heteroatoms. The van der Waals surface area contributed by atoms with Crippen LogP contribution < -0.4 is 10.6 Å². The second-order valence-corrected chi connectivity index (χ2v) is 4.55. The molecular formula is C14H20N2O. The van der Waals surface area contributed by atoms with Crippen molar-refractivity contribution in [3.63, 3.8) is 0 Å². The van der Waals surface area contributed by atoms with Crippen LogP contribution in [0.2, 0.25) is 0 Å². The van der Waals surface area contributed by atoms with Gasteiger partial charge in [-0.3, -0.25) is 4.79 Å². The molecule has 3 nitrogen and oxygen atoms in total. The Labute approximate surface area is 103 Å². The van der Waals surface area contributed by atoms with Crippen molar-refractivity contribution in [3.05, 3.63) is 29.8 Å². The van der Waals surface area contributed by atoms with Crippen molar-refractivity contribution >= 4 is 11.6 Å². The van der Waals surface area contributed by atoms with Crippen molar-refractivity contribution in [2.24, 2.45) is 0 Å². The number of benzene rings is 1. The molecule has 0 unspecified atom stereocenters. The van der Waals surface area contributed by atoms with Crippen molar-refractivity contribution < 1.29 is 4.79 Å². The number of aryl methyl sites for hydroxylation is 1. The molecule has 2 rings (SSSR count). The van der Waals surface area contributed by atoms with Gasteiger partial charge in [0.2, 0.25) is 5.91 Å². The zero-order valence-electron chi connectivity index (χ0n) is 10.3. The van der Waals surface area contributed by atoms with Crippen LogP contribution in [0.4, 0.5) is 5.69 Å². The third-order valence-corrected chi connectivity index (χ3v) is 3.17. The Morgan fingerprint density at radius 1 is 1.47 bits per heavy atom. The lowest BCUT2D eigenvalue weighted by Crippen LogP contribution is -2.35. The minimum Gasteiger partial charge on any atom is -0.324 e. The fourth-order valence-electron chi connectivity index (χ4n) is 2.26. The molecule has 0 saturated carbocycles. The van der Waals surface area contributed by atoms with Gasteiger partial charge in [-0.25, -0.2) is 0 Å². The summed E-state index contributed by atoms with van der Waals surface area (Å²) in [4.78, 5) is 12.0. The van der Waals surface area contributed by atoms with E-state index in [1.54, 1.807) is 0 Å². The van der Waals surface area contributed by atoms with Crippen molar-refractivity contribution in [2.75, 3.05) is 11.9 Å². The first-order chi connectivity index (χ1) is 8.31. The Morgan fingerprint density at radius 3 is 3.00 bits per heavy atom. The molecule has 1 amide bonds. The molecule has 0 spiro atoms. The summed E-state index contributed by atoms with van der Waals surface area (Å²) >= 11 is 0. The minimum atomic E-state index is -0.00955. The third-order valence-electron chi connectivity index (χ3n) is 3.17. The lowest BCUT2D eigenvalue weighted by atomic mass is 10.1. The highest BCUT2D eigenvalue weighted by Crippen LogP contribution is 2.18. The van der Waals surface area contributed by atoms with Gasteiger partial charge in [0.15, 0.2) is 0 Å². The third kappa shape index (κ3) is 3.07. The van der Waals surface area contributed by atoms with E-state index in [9.17, 15) is 4.79 Å². The van der Waals surface area contributed by atoms with Crippen molar-refractivity contribution in [2.45, 2.75) is 38.6 Å². The molecule has 1 heterocycles. The lowest BCUT2D eigenvalue weighted by Gasteiger charge is -2.14. The van der Waals surface area contributed by atoms with E-state index < -0.39 is 0 Å². The average Bonchev–Trinajstić information content (AvgIpc) is 2.85. The van der Waals surface area contributed by atoms with Gasteiger partial charge in [0, 0.05) is 5.69 Å². The van der Waals surface area contributed by atoms with Gasteiger partial charge in [0.05, 0.1) is 6.04 Å². The molecule has 0 bridgehead atoms. The summed E-state index contributed by atoms with van der Waals surface area (Å²) in [5.41, 5.74) is 2.19. The Hall–Kier alpha value is -1.35. The highest BCUT2D eigenvalue weighted by molar-refractivity contribution is 5.95. The summed E-state index contributed by atoms with van der Waals surface area (Å²) in [6, 6.07) is 8.05. The number of carbonyl (C=O) groups excluding carboxylic acids is 1. The van der Waals surface area contributed by atoms with Crippen molar-refractivity contribution in [3.8, 4) is 0 Å². The zero-order chi connectivity index (χ0) is 12.1. The van der Waals surface area contributed by atoms with Gasteiger partial charge in [0.1, 0.15) is 0 Å².